The van der Waals surface area contributed by atoms with Crippen molar-refractivity contribution < 1.29 is 19.1 Å². The maximum absolute atomic E-state index is 13.0. The topological polar surface area (TPSA) is 82.9 Å². The van der Waals surface area contributed by atoms with Crippen LogP contribution in [0.25, 0.3) is 0 Å². The van der Waals surface area contributed by atoms with E-state index in [1.807, 2.05) is 19.1 Å². The highest BCUT2D eigenvalue weighted by Crippen LogP contribution is 2.66. The van der Waals surface area contributed by atoms with Gasteiger partial charge in [-0.25, -0.2) is 0 Å². The Morgan fingerprint density at radius 3 is 2.84 bits per heavy atom. The lowest BCUT2D eigenvalue weighted by atomic mass is 9.79. The van der Waals surface area contributed by atoms with E-state index in [9.17, 15) is 14.9 Å². The van der Waals surface area contributed by atoms with Gasteiger partial charge in [-0.2, -0.15) is 5.26 Å². The fraction of sp³-hybridized carbons (Fsp3) is 0.471. The van der Waals surface area contributed by atoms with Crippen molar-refractivity contribution in [2.75, 3.05) is 13.8 Å². The molecular weight excluding hydrogens is 342 g/mol. The predicted octanol–water partition coefficient (Wildman–Crippen LogP) is 1.46. The van der Waals surface area contributed by atoms with E-state index in [0.717, 1.165) is 5.56 Å². The first-order chi connectivity index (χ1) is 11.9. The highest BCUT2D eigenvalue weighted by molar-refractivity contribution is 8.03. The van der Waals surface area contributed by atoms with Crippen LogP contribution < -0.4 is 9.47 Å². The molecule has 128 valence electrons. The van der Waals surface area contributed by atoms with Crippen LogP contribution in [-0.2, 0) is 9.59 Å². The second-order valence-corrected chi connectivity index (χ2v) is 8.46. The van der Waals surface area contributed by atoms with Crippen LogP contribution in [0.2, 0.25) is 0 Å². The third-order valence-electron chi connectivity index (χ3n) is 5.59. The van der Waals surface area contributed by atoms with E-state index in [-0.39, 0.29) is 18.6 Å². The van der Waals surface area contributed by atoms with Crippen molar-refractivity contribution in [1.29, 1.82) is 5.26 Å². The van der Waals surface area contributed by atoms with Gasteiger partial charge < -0.3 is 19.3 Å². The summed E-state index contributed by atoms with van der Waals surface area (Å²) in [6.45, 7) is 1.98. The van der Waals surface area contributed by atoms with Gasteiger partial charge in [0.1, 0.15) is 0 Å². The third-order valence-corrected chi connectivity index (χ3v) is 7.23. The molecule has 4 heterocycles. The summed E-state index contributed by atoms with van der Waals surface area (Å²) in [5.41, 5.74) is -0.0653. The lowest BCUT2D eigenvalue weighted by molar-refractivity contribution is -0.154. The standard InChI is InChI=1S/C17H15N3O4S/c1-16(7-18)6-17-15(22)19(2)14(25-17)13(21)20(17)12(16)9-3-4-10-11(5-9)24-8-23-10/h3-5,12,14H,6,8H2,1-2H3/t12-,14-,16+,17-/m0/s1. The number of benzene rings is 1. The summed E-state index contributed by atoms with van der Waals surface area (Å²) in [4.78, 5) is 28.0. The highest BCUT2D eigenvalue weighted by atomic mass is 32.2. The van der Waals surface area contributed by atoms with E-state index in [4.69, 9.17) is 9.47 Å². The molecule has 4 atom stereocenters. The zero-order chi connectivity index (χ0) is 17.6. The Kier molecular flexibility index (Phi) is 2.63. The van der Waals surface area contributed by atoms with Crippen LogP contribution in [0, 0.1) is 16.7 Å². The summed E-state index contributed by atoms with van der Waals surface area (Å²) in [7, 11) is 1.65. The normalized spacial score (nSPS) is 37.6. The highest BCUT2D eigenvalue weighted by Gasteiger charge is 2.74. The molecule has 0 N–H and O–H groups in total. The van der Waals surface area contributed by atoms with Gasteiger partial charge in [0.2, 0.25) is 6.79 Å². The van der Waals surface area contributed by atoms with Crippen LogP contribution in [0.15, 0.2) is 18.2 Å². The predicted molar refractivity (Wildman–Crippen MR) is 87.4 cm³/mol. The number of hydrogen-bond donors (Lipinski definition) is 0. The Balaban J connectivity index is 1.67. The van der Waals surface area contributed by atoms with Crippen molar-refractivity contribution in [3.8, 4) is 17.6 Å². The van der Waals surface area contributed by atoms with Crippen molar-refractivity contribution in [3.63, 3.8) is 0 Å². The molecule has 25 heavy (non-hydrogen) atoms. The van der Waals surface area contributed by atoms with Crippen molar-refractivity contribution >= 4 is 23.6 Å². The summed E-state index contributed by atoms with van der Waals surface area (Å²) in [6.07, 6.45) is 0.325. The van der Waals surface area contributed by atoms with Crippen LogP contribution in [0.3, 0.4) is 0 Å². The van der Waals surface area contributed by atoms with Crippen molar-refractivity contribution in [2.24, 2.45) is 5.41 Å². The van der Waals surface area contributed by atoms with Crippen molar-refractivity contribution in [1.82, 2.24) is 9.80 Å². The number of amides is 2. The minimum atomic E-state index is -0.970. The summed E-state index contributed by atoms with van der Waals surface area (Å²) in [6, 6.07) is 7.34. The number of nitriles is 1. The van der Waals surface area contributed by atoms with E-state index < -0.39 is 21.7 Å². The van der Waals surface area contributed by atoms with Gasteiger partial charge in [0, 0.05) is 13.5 Å². The number of piperazine rings is 1. The molecule has 5 rings (SSSR count). The van der Waals surface area contributed by atoms with Crippen LogP contribution in [0.5, 0.6) is 11.5 Å². The van der Waals surface area contributed by atoms with E-state index in [1.165, 1.54) is 16.7 Å². The first kappa shape index (κ1) is 14.9. The number of ether oxygens (including phenoxy) is 2. The maximum atomic E-state index is 13.0. The third kappa shape index (κ3) is 1.57. The number of hydrogen-bond acceptors (Lipinski definition) is 6. The summed E-state index contributed by atoms with van der Waals surface area (Å²) in [5, 5.41) is 9.40. The average Bonchev–Trinajstić information content (AvgIpc) is 3.29. The zero-order valence-electron chi connectivity index (χ0n) is 13.7. The summed E-state index contributed by atoms with van der Waals surface area (Å²) >= 11 is 1.36. The second kappa shape index (κ2) is 4.41. The largest absolute Gasteiger partial charge is 0.454 e. The first-order valence-corrected chi connectivity index (χ1v) is 8.88. The Bertz CT molecular complexity index is 883. The average molecular weight is 357 g/mol. The Morgan fingerprint density at radius 2 is 2.08 bits per heavy atom. The van der Waals surface area contributed by atoms with Crippen LogP contribution in [-0.4, -0.2) is 45.7 Å². The van der Waals surface area contributed by atoms with Crippen LogP contribution >= 0.6 is 11.8 Å². The molecule has 7 nitrogen and oxygen atoms in total. The Hall–Kier alpha value is -2.40. The van der Waals surface area contributed by atoms with E-state index >= 15 is 0 Å². The minimum Gasteiger partial charge on any atom is -0.454 e. The SMILES string of the molecule is CN1C(=O)[C@@]23C[C@](C)(C#N)[C@H](c4ccc5c(c4)OCO5)N2C(=O)[C@@H]1S3. The van der Waals surface area contributed by atoms with Gasteiger partial charge in [0.15, 0.2) is 21.7 Å². The minimum absolute atomic E-state index is 0.0909. The molecule has 0 aliphatic carbocycles. The van der Waals surface area contributed by atoms with Gasteiger partial charge in [-0.1, -0.05) is 17.8 Å². The number of carbonyl (C=O) groups is 2. The van der Waals surface area contributed by atoms with E-state index in [1.54, 1.807) is 18.0 Å². The van der Waals surface area contributed by atoms with E-state index in [0.29, 0.717) is 17.9 Å². The molecule has 8 heteroatoms. The lowest BCUT2D eigenvalue weighted by Crippen LogP contribution is -2.56. The number of thioether (sulfide) groups is 1. The van der Waals surface area contributed by atoms with Gasteiger partial charge >= 0.3 is 0 Å². The zero-order valence-corrected chi connectivity index (χ0v) is 14.5. The monoisotopic (exact) mass is 357 g/mol. The lowest BCUT2D eigenvalue weighted by Gasteiger charge is -2.37. The molecule has 3 saturated heterocycles. The van der Waals surface area contributed by atoms with Gasteiger partial charge in [-0.3, -0.25) is 9.59 Å². The van der Waals surface area contributed by atoms with Crippen LogP contribution in [0.1, 0.15) is 24.9 Å². The molecule has 3 fully saturated rings. The quantitative estimate of drug-likeness (QED) is 0.757. The van der Waals surface area contributed by atoms with Gasteiger partial charge in [-0.15, -0.1) is 0 Å². The first-order valence-electron chi connectivity index (χ1n) is 8.00. The fourth-order valence-electron chi connectivity index (χ4n) is 4.49. The van der Waals surface area contributed by atoms with Crippen LogP contribution in [0.4, 0.5) is 0 Å². The number of fused-ring (bicyclic) bond motifs is 2. The number of likely N-dealkylation sites (N-methyl/N-ethyl adjacent to an activating group) is 1. The van der Waals surface area contributed by atoms with Crippen molar-refractivity contribution in [2.45, 2.75) is 29.6 Å². The molecule has 0 radical (unpaired) electrons. The fourth-order valence-corrected chi connectivity index (χ4v) is 6.26. The van der Waals surface area contributed by atoms with Gasteiger partial charge in [-0.05, 0) is 24.6 Å². The Labute approximate surface area is 148 Å². The second-order valence-electron chi connectivity index (χ2n) is 7.10. The van der Waals surface area contributed by atoms with Gasteiger partial charge in [0.25, 0.3) is 11.8 Å². The summed E-state index contributed by atoms with van der Waals surface area (Å²) < 4.78 is 10.8. The molecule has 0 saturated carbocycles. The van der Waals surface area contributed by atoms with Gasteiger partial charge in [0.05, 0.1) is 17.5 Å². The molecular formula is C17H15N3O4S. The Morgan fingerprint density at radius 1 is 1.32 bits per heavy atom. The number of carbonyl (C=O) groups excluding carboxylic acids is 2. The smallest absolute Gasteiger partial charge is 0.260 e. The molecule has 4 aliphatic rings. The molecule has 4 aliphatic heterocycles. The number of rotatable bonds is 1. The molecule has 1 aromatic carbocycles. The van der Waals surface area contributed by atoms with E-state index in [2.05, 4.69) is 6.07 Å². The molecule has 1 aromatic rings. The molecule has 0 unspecified atom stereocenters. The van der Waals surface area contributed by atoms with Crippen molar-refractivity contribution in [3.05, 3.63) is 23.8 Å². The molecule has 1 spiro atoms. The summed E-state index contributed by atoms with van der Waals surface area (Å²) in [5.74, 6) is 1.06. The molecule has 0 aromatic heterocycles. The number of nitrogens with zero attached hydrogens (tertiary/aromatic N) is 3. The maximum Gasteiger partial charge on any atom is 0.260 e. The molecule has 2 bridgehead atoms. The molecule has 2 amide bonds.